The predicted octanol–water partition coefficient (Wildman–Crippen LogP) is 0.530. The molecule has 0 aliphatic heterocycles. The van der Waals surface area contributed by atoms with Crippen LogP contribution in [0.3, 0.4) is 0 Å². The first-order chi connectivity index (χ1) is 2.27. The van der Waals surface area contributed by atoms with Crippen LogP contribution < -0.4 is 5.73 Å². The molecule has 0 aromatic heterocycles. The van der Waals surface area contributed by atoms with Crippen molar-refractivity contribution in [2.75, 3.05) is 0 Å². The Morgan fingerprint density at radius 1 is 1.83 bits per heavy atom. The van der Waals surface area contributed by atoms with Gasteiger partial charge in [-0.2, -0.15) is 0 Å². The summed E-state index contributed by atoms with van der Waals surface area (Å²) < 4.78 is 0. The molecule has 0 aromatic rings. The number of nitrogens with two attached hydrogens (primary N) is 1. The minimum absolute atomic E-state index is 0. The highest BCUT2D eigenvalue weighted by molar-refractivity contribution is 5.87. The molecule has 0 rings (SSSR count). The van der Waals surface area contributed by atoms with Gasteiger partial charge in [0.25, 0.3) is 0 Å². The average Bonchev–Trinajstić information content (AvgIpc) is 1.38. The van der Waals surface area contributed by atoms with E-state index in [2.05, 4.69) is 6.58 Å². The van der Waals surface area contributed by atoms with Crippen molar-refractivity contribution in [2.45, 2.75) is 0 Å². The van der Waals surface area contributed by atoms with Crippen molar-refractivity contribution in [2.24, 2.45) is 5.73 Å². The lowest BCUT2D eigenvalue weighted by molar-refractivity contribution is 1.47. The van der Waals surface area contributed by atoms with Crippen molar-refractivity contribution >= 4 is 18.2 Å². The lowest BCUT2D eigenvalue weighted by atomic mass is 10.6. The van der Waals surface area contributed by atoms with E-state index in [1.54, 1.807) is 0 Å². The maximum absolute atomic E-state index is 6.40. The first-order valence-electron chi connectivity index (χ1n) is 1.24. The topological polar surface area (TPSA) is 49.9 Å². The van der Waals surface area contributed by atoms with E-state index in [0.29, 0.717) is 0 Å². The molecule has 0 aliphatic rings. The largest absolute Gasteiger partial charge is 0.384 e. The Morgan fingerprint density at radius 3 is 2.00 bits per heavy atom. The Bertz CT molecular complexity index is 59.8. The normalized spacial score (nSPS) is 5.33. The molecule has 0 aromatic carbocycles. The smallest absolute Gasteiger partial charge is 0.114 e. The molecule has 3 heteroatoms. The van der Waals surface area contributed by atoms with Crippen LogP contribution in [0, 0.1) is 5.41 Å². The zero-order valence-corrected chi connectivity index (χ0v) is 4.09. The third kappa shape index (κ3) is 9.72. The number of rotatable bonds is 1. The van der Waals surface area contributed by atoms with Gasteiger partial charge >= 0.3 is 0 Å². The molecule has 0 unspecified atom stereocenters. The molecule has 0 aliphatic carbocycles. The highest BCUT2D eigenvalue weighted by atomic mass is 35.5. The van der Waals surface area contributed by atoms with Gasteiger partial charge in [0.05, 0.1) is 0 Å². The van der Waals surface area contributed by atoms with Gasteiger partial charge in [-0.25, -0.2) is 0 Å². The van der Waals surface area contributed by atoms with E-state index in [1.807, 2.05) is 0 Å². The van der Waals surface area contributed by atoms with Crippen molar-refractivity contribution in [3.05, 3.63) is 12.7 Å². The fraction of sp³-hybridized carbons (Fsp3) is 0. The number of amidine groups is 1. The van der Waals surface area contributed by atoms with Gasteiger partial charge in [0.2, 0.25) is 0 Å². The van der Waals surface area contributed by atoms with Crippen LogP contribution in [0.25, 0.3) is 0 Å². The molecular formula is C3H7ClN2. The van der Waals surface area contributed by atoms with Gasteiger partial charge in [-0.05, 0) is 6.08 Å². The molecular weight excluding hydrogens is 99.5 g/mol. The van der Waals surface area contributed by atoms with Crippen LogP contribution in [0.2, 0.25) is 0 Å². The van der Waals surface area contributed by atoms with Gasteiger partial charge in [0.1, 0.15) is 5.84 Å². The summed E-state index contributed by atoms with van der Waals surface area (Å²) in [7, 11) is 0. The van der Waals surface area contributed by atoms with Crippen molar-refractivity contribution in [3.63, 3.8) is 0 Å². The summed E-state index contributed by atoms with van der Waals surface area (Å²) in [5.74, 6) is 0.0185. The quantitative estimate of drug-likeness (QED) is 0.372. The zero-order chi connectivity index (χ0) is 4.28. The van der Waals surface area contributed by atoms with E-state index < -0.39 is 0 Å². The van der Waals surface area contributed by atoms with Gasteiger partial charge in [0, 0.05) is 0 Å². The molecule has 0 bridgehead atoms. The fourth-order valence-electron chi connectivity index (χ4n) is 0. The van der Waals surface area contributed by atoms with Crippen LogP contribution in [-0.4, -0.2) is 5.84 Å². The Balaban J connectivity index is 0. The predicted molar refractivity (Wildman–Crippen MR) is 29.4 cm³/mol. The summed E-state index contributed by atoms with van der Waals surface area (Å²) in [4.78, 5) is 0. The first kappa shape index (κ1) is 9.09. The summed E-state index contributed by atoms with van der Waals surface area (Å²) in [5.41, 5.74) is 4.76. The van der Waals surface area contributed by atoms with E-state index >= 15 is 0 Å². The zero-order valence-electron chi connectivity index (χ0n) is 3.27. The van der Waals surface area contributed by atoms with Gasteiger partial charge in [-0.1, -0.05) is 6.58 Å². The lowest BCUT2D eigenvalue weighted by Crippen LogP contribution is -2.02. The molecule has 0 saturated carbocycles. The summed E-state index contributed by atoms with van der Waals surface area (Å²) in [5, 5.41) is 6.40. The lowest BCUT2D eigenvalue weighted by Gasteiger charge is -1.71. The molecule has 0 amide bonds. The number of halogens is 1. The van der Waals surface area contributed by atoms with Gasteiger partial charge in [0.15, 0.2) is 0 Å². The van der Waals surface area contributed by atoms with Crippen LogP contribution >= 0.6 is 12.4 Å². The van der Waals surface area contributed by atoms with Crippen LogP contribution in [-0.2, 0) is 0 Å². The first-order valence-corrected chi connectivity index (χ1v) is 1.24. The van der Waals surface area contributed by atoms with Crippen molar-refractivity contribution in [1.29, 1.82) is 5.41 Å². The number of hydrogen-bond acceptors (Lipinski definition) is 1. The number of nitrogens with one attached hydrogen (secondary N) is 1. The second kappa shape index (κ2) is 4.50. The van der Waals surface area contributed by atoms with Crippen molar-refractivity contribution < 1.29 is 0 Å². The highest BCUT2D eigenvalue weighted by Crippen LogP contribution is 1.50. The summed E-state index contributed by atoms with van der Waals surface area (Å²) in [6, 6.07) is 0. The van der Waals surface area contributed by atoms with Crippen LogP contribution in [0.15, 0.2) is 12.7 Å². The van der Waals surface area contributed by atoms with Crippen LogP contribution in [0.5, 0.6) is 0 Å². The molecule has 0 radical (unpaired) electrons. The van der Waals surface area contributed by atoms with Gasteiger partial charge < -0.3 is 5.73 Å². The van der Waals surface area contributed by atoms with Crippen molar-refractivity contribution in [1.82, 2.24) is 0 Å². The Hall–Kier alpha value is -0.500. The second-order valence-corrected chi connectivity index (χ2v) is 0.659. The molecule has 0 atom stereocenters. The van der Waals surface area contributed by atoms with E-state index in [1.165, 1.54) is 6.08 Å². The van der Waals surface area contributed by atoms with Gasteiger partial charge in [-0.3, -0.25) is 5.41 Å². The maximum atomic E-state index is 6.40. The van der Waals surface area contributed by atoms with E-state index in [-0.39, 0.29) is 18.2 Å². The summed E-state index contributed by atoms with van der Waals surface area (Å²) >= 11 is 0. The molecule has 0 saturated heterocycles. The van der Waals surface area contributed by atoms with E-state index in [4.69, 9.17) is 11.1 Å². The maximum Gasteiger partial charge on any atom is 0.114 e. The SMILES string of the molecule is C=CC(=N)N.Cl. The Labute approximate surface area is 43.0 Å². The van der Waals surface area contributed by atoms with E-state index in [9.17, 15) is 0 Å². The molecule has 36 valence electrons. The average molecular weight is 107 g/mol. The molecule has 6 heavy (non-hydrogen) atoms. The highest BCUT2D eigenvalue weighted by Gasteiger charge is 1.62. The molecule has 3 N–H and O–H groups in total. The van der Waals surface area contributed by atoms with Crippen molar-refractivity contribution in [3.8, 4) is 0 Å². The molecule has 0 heterocycles. The molecule has 2 nitrogen and oxygen atoms in total. The monoisotopic (exact) mass is 106 g/mol. The minimum atomic E-state index is 0. The molecule has 0 fully saturated rings. The fourth-order valence-corrected chi connectivity index (χ4v) is 0. The standard InChI is InChI=1S/C3H6N2.ClH/c1-2-3(4)5;/h2H,1H2,(H3,4,5);1H. The number of hydrogen-bond donors (Lipinski definition) is 2. The molecule has 0 spiro atoms. The minimum Gasteiger partial charge on any atom is -0.384 e. The third-order valence-electron chi connectivity index (χ3n) is 0.220. The second-order valence-electron chi connectivity index (χ2n) is 0.659. The van der Waals surface area contributed by atoms with Crippen LogP contribution in [0.4, 0.5) is 0 Å². The summed E-state index contributed by atoms with van der Waals surface area (Å²) in [6.45, 7) is 3.21. The van der Waals surface area contributed by atoms with E-state index in [0.717, 1.165) is 0 Å². The Kier molecular flexibility index (Phi) is 6.82. The van der Waals surface area contributed by atoms with Crippen LogP contribution in [0.1, 0.15) is 0 Å². The Morgan fingerprint density at radius 2 is 2.00 bits per heavy atom. The third-order valence-corrected chi connectivity index (χ3v) is 0.220. The van der Waals surface area contributed by atoms with Gasteiger partial charge in [-0.15, -0.1) is 12.4 Å². The summed E-state index contributed by atoms with van der Waals surface area (Å²) in [6.07, 6.45) is 1.28.